The molecule has 1 aliphatic rings. The number of anilines is 1. The van der Waals surface area contributed by atoms with Crippen LogP contribution >= 0.6 is 0 Å². The van der Waals surface area contributed by atoms with E-state index in [9.17, 15) is 13.2 Å². The summed E-state index contributed by atoms with van der Waals surface area (Å²) >= 11 is 0. The second-order valence-corrected chi connectivity index (χ2v) is 9.22. The standard InChI is InChI=1S/C20H24N2O4S/c1-4-27(24,25)22-15-11-9-14(10-12-15)19(23)21-17-13-20(2,3)26-18-8-6-5-7-16(17)18/h5-12,17,22H,4,13H2,1-3H3,(H,21,23). The lowest BCUT2D eigenvalue weighted by atomic mass is 9.89. The van der Waals surface area contributed by atoms with Crippen LogP contribution in [0.2, 0.25) is 0 Å². The third-order valence-corrected chi connectivity index (χ3v) is 5.79. The molecule has 0 aromatic heterocycles. The van der Waals surface area contributed by atoms with Crippen molar-refractivity contribution in [1.29, 1.82) is 0 Å². The van der Waals surface area contributed by atoms with E-state index in [4.69, 9.17) is 4.74 Å². The maximum absolute atomic E-state index is 12.7. The molecular formula is C20H24N2O4S. The van der Waals surface area contributed by atoms with Gasteiger partial charge in [-0.05, 0) is 51.1 Å². The van der Waals surface area contributed by atoms with E-state index in [1.165, 1.54) is 0 Å². The number of benzene rings is 2. The maximum atomic E-state index is 12.7. The van der Waals surface area contributed by atoms with Crippen molar-refractivity contribution in [2.45, 2.75) is 38.8 Å². The van der Waals surface area contributed by atoms with E-state index in [-0.39, 0.29) is 23.3 Å². The maximum Gasteiger partial charge on any atom is 0.251 e. The van der Waals surface area contributed by atoms with Crippen molar-refractivity contribution >= 4 is 21.6 Å². The number of hydrogen-bond acceptors (Lipinski definition) is 4. The Morgan fingerprint density at radius 3 is 2.48 bits per heavy atom. The van der Waals surface area contributed by atoms with Crippen molar-refractivity contribution in [1.82, 2.24) is 5.32 Å². The summed E-state index contributed by atoms with van der Waals surface area (Å²) in [6, 6.07) is 13.9. The molecule has 1 amide bonds. The molecule has 144 valence electrons. The molecule has 0 spiro atoms. The summed E-state index contributed by atoms with van der Waals surface area (Å²) in [5.41, 5.74) is 1.48. The Hall–Kier alpha value is -2.54. The number of hydrogen-bond donors (Lipinski definition) is 2. The van der Waals surface area contributed by atoms with Crippen molar-refractivity contribution in [3.05, 3.63) is 59.7 Å². The zero-order chi connectivity index (χ0) is 19.7. The predicted octanol–water partition coefficient (Wildman–Crippen LogP) is 3.48. The lowest BCUT2D eigenvalue weighted by molar-refractivity contribution is 0.0619. The van der Waals surface area contributed by atoms with Gasteiger partial charge in [0.15, 0.2) is 0 Å². The second kappa shape index (κ2) is 7.23. The SMILES string of the molecule is CCS(=O)(=O)Nc1ccc(C(=O)NC2CC(C)(C)Oc3ccccc32)cc1. The lowest BCUT2D eigenvalue weighted by Crippen LogP contribution is -2.41. The van der Waals surface area contributed by atoms with Gasteiger partial charge in [-0.2, -0.15) is 0 Å². The summed E-state index contributed by atoms with van der Waals surface area (Å²) in [5, 5.41) is 3.07. The van der Waals surface area contributed by atoms with Gasteiger partial charge in [0.05, 0.1) is 11.8 Å². The zero-order valence-corrected chi connectivity index (χ0v) is 16.5. The van der Waals surface area contributed by atoms with Gasteiger partial charge >= 0.3 is 0 Å². The monoisotopic (exact) mass is 388 g/mol. The first-order valence-electron chi connectivity index (χ1n) is 8.88. The highest BCUT2D eigenvalue weighted by atomic mass is 32.2. The molecule has 1 aliphatic heterocycles. The van der Waals surface area contributed by atoms with Crippen molar-refractivity contribution in [3.8, 4) is 5.75 Å². The van der Waals surface area contributed by atoms with Gasteiger partial charge in [0, 0.05) is 23.2 Å². The van der Waals surface area contributed by atoms with Crippen LogP contribution in [-0.2, 0) is 10.0 Å². The molecule has 2 N–H and O–H groups in total. The molecule has 6 nitrogen and oxygen atoms in total. The summed E-state index contributed by atoms with van der Waals surface area (Å²) in [7, 11) is -3.34. The van der Waals surface area contributed by atoms with Crippen LogP contribution in [0.3, 0.4) is 0 Å². The predicted molar refractivity (Wildman–Crippen MR) is 105 cm³/mol. The Kier molecular flexibility index (Phi) is 5.15. The van der Waals surface area contributed by atoms with Crippen LogP contribution in [-0.4, -0.2) is 25.7 Å². The molecule has 0 radical (unpaired) electrons. The van der Waals surface area contributed by atoms with Crippen molar-refractivity contribution in [2.75, 3.05) is 10.5 Å². The average molecular weight is 388 g/mol. The van der Waals surface area contributed by atoms with E-state index in [1.807, 2.05) is 38.1 Å². The Morgan fingerprint density at radius 2 is 1.81 bits per heavy atom. The first-order valence-corrected chi connectivity index (χ1v) is 10.5. The van der Waals surface area contributed by atoms with E-state index in [2.05, 4.69) is 10.0 Å². The van der Waals surface area contributed by atoms with Gasteiger partial charge in [0.25, 0.3) is 5.91 Å². The van der Waals surface area contributed by atoms with Crippen LogP contribution in [0, 0.1) is 0 Å². The summed E-state index contributed by atoms with van der Waals surface area (Å²) in [6.07, 6.45) is 0.657. The summed E-state index contributed by atoms with van der Waals surface area (Å²) in [5.74, 6) is 0.564. The van der Waals surface area contributed by atoms with Crippen LogP contribution in [0.15, 0.2) is 48.5 Å². The van der Waals surface area contributed by atoms with Crippen LogP contribution in [0.5, 0.6) is 5.75 Å². The van der Waals surface area contributed by atoms with Crippen LogP contribution in [0.25, 0.3) is 0 Å². The van der Waals surface area contributed by atoms with Gasteiger partial charge in [0.1, 0.15) is 11.4 Å². The second-order valence-electron chi connectivity index (χ2n) is 7.21. The highest BCUT2D eigenvalue weighted by Crippen LogP contribution is 2.39. The van der Waals surface area contributed by atoms with Crippen LogP contribution < -0.4 is 14.8 Å². The molecule has 0 fully saturated rings. The lowest BCUT2D eigenvalue weighted by Gasteiger charge is -2.37. The minimum absolute atomic E-state index is 0.00577. The van der Waals surface area contributed by atoms with E-state index < -0.39 is 10.0 Å². The third kappa shape index (κ3) is 4.60. The topological polar surface area (TPSA) is 84.5 Å². The molecule has 3 rings (SSSR count). The Balaban J connectivity index is 1.76. The number of amides is 1. The number of carbonyl (C=O) groups excluding carboxylic acids is 1. The van der Waals surface area contributed by atoms with E-state index >= 15 is 0 Å². The van der Waals surface area contributed by atoms with E-state index in [1.54, 1.807) is 31.2 Å². The molecule has 0 saturated carbocycles. The molecule has 1 atom stereocenters. The van der Waals surface area contributed by atoms with Gasteiger partial charge in [-0.25, -0.2) is 8.42 Å². The minimum atomic E-state index is -3.34. The number of fused-ring (bicyclic) bond motifs is 1. The molecule has 0 aliphatic carbocycles. The molecule has 0 bridgehead atoms. The molecular weight excluding hydrogens is 364 g/mol. The van der Waals surface area contributed by atoms with Gasteiger partial charge in [0.2, 0.25) is 10.0 Å². The smallest absolute Gasteiger partial charge is 0.251 e. The number of ether oxygens (including phenoxy) is 1. The summed E-state index contributed by atoms with van der Waals surface area (Å²) < 4.78 is 31.7. The Labute approximate surface area is 160 Å². The summed E-state index contributed by atoms with van der Waals surface area (Å²) in [4.78, 5) is 12.7. The average Bonchev–Trinajstić information content (AvgIpc) is 2.61. The Bertz CT molecular complexity index is 937. The van der Waals surface area contributed by atoms with Crippen molar-refractivity contribution < 1.29 is 17.9 Å². The molecule has 27 heavy (non-hydrogen) atoms. The summed E-state index contributed by atoms with van der Waals surface area (Å²) in [6.45, 7) is 5.56. The van der Waals surface area contributed by atoms with Gasteiger partial charge < -0.3 is 10.1 Å². The quantitative estimate of drug-likeness (QED) is 0.821. The fraction of sp³-hybridized carbons (Fsp3) is 0.350. The minimum Gasteiger partial charge on any atom is -0.487 e. The molecule has 0 saturated heterocycles. The fourth-order valence-electron chi connectivity index (χ4n) is 3.11. The molecule has 1 heterocycles. The highest BCUT2D eigenvalue weighted by Gasteiger charge is 2.34. The number of carbonyl (C=O) groups is 1. The first kappa shape index (κ1) is 19.2. The molecule has 2 aromatic carbocycles. The molecule has 7 heteroatoms. The highest BCUT2D eigenvalue weighted by molar-refractivity contribution is 7.92. The zero-order valence-electron chi connectivity index (χ0n) is 15.7. The van der Waals surface area contributed by atoms with Crippen LogP contribution in [0.4, 0.5) is 5.69 Å². The van der Waals surface area contributed by atoms with E-state index in [0.717, 1.165) is 11.3 Å². The number of sulfonamides is 1. The van der Waals surface area contributed by atoms with Gasteiger partial charge in [-0.15, -0.1) is 0 Å². The van der Waals surface area contributed by atoms with Crippen LogP contribution in [0.1, 0.15) is 49.2 Å². The van der Waals surface area contributed by atoms with Crippen molar-refractivity contribution in [3.63, 3.8) is 0 Å². The van der Waals surface area contributed by atoms with Gasteiger partial charge in [-0.1, -0.05) is 18.2 Å². The molecule has 1 unspecified atom stereocenters. The Morgan fingerprint density at radius 1 is 1.15 bits per heavy atom. The number of rotatable bonds is 5. The first-order chi connectivity index (χ1) is 12.7. The largest absolute Gasteiger partial charge is 0.487 e. The number of para-hydroxylation sites is 1. The third-order valence-electron chi connectivity index (χ3n) is 4.48. The normalized spacial score (nSPS) is 18.1. The van der Waals surface area contributed by atoms with Gasteiger partial charge in [-0.3, -0.25) is 9.52 Å². The molecule has 2 aromatic rings. The number of nitrogens with one attached hydrogen (secondary N) is 2. The van der Waals surface area contributed by atoms with Crippen molar-refractivity contribution in [2.24, 2.45) is 0 Å². The van der Waals surface area contributed by atoms with E-state index in [0.29, 0.717) is 17.7 Å². The fourth-order valence-corrected chi connectivity index (χ4v) is 3.75.